The molecule has 136 valence electrons. The van der Waals surface area contributed by atoms with Crippen LogP contribution in [0.4, 0.5) is 0 Å². The average Bonchev–Trinajstić information content (AvgIpc) is 3.29. The number of fused-ring (bicyclic) bond motifs is 3. The highest BCUT2D eigenvalue weighted by Crippen LogP contribution is 2.31. The van der Waals surface area contributed by atoms with E-state index in [1.807, 2.05) is 25.1 Å². The zero-order valence-corrected chi connectivity index (χ0v) is 15.7. The van der Waals surface area contributed by atoms with E-state index in [4.69, 9.17) is 4.42 Å². The second kappa shape index (κ2) is 7.21. The van der Waals surface area contributed by atoms with Gasteiger partial charge in [-0.1, -0.05) is 11.6 Å². The summed E-state index contributed by atoms with van der Waals surface area (Å²) in [6.45, 7) is 6.02. The molecule has 0 unspecified atom stereocenters. The average molecular weight is 370 g/mol. The highest BCUT2D eigenvalue weighted by atomic mass is 32.1. The zero-order chi connectivity index (χ0) is 18.1. The molecule has 0 atom stereocenters. The van der Waals surface area contributed by atoms with Crippen LogP contribution in [0.2, 0.25) is 0 Å². The van der Waals surface area contributed by atoms with Gasteiger partial charge in [0, 0.05) is 11.9 Å². The minimum atomic E-state index is -0.388. The number of benzene rings is 1. The lowest BCUT2D eigenvalue weighted by Crippen LogP contribution is -2.28. The highest BCUT2D eigenvalue weighted by Gasteiger charge is 2.16. The van der Waals surface area contributed by atoms with Gasteiger partial charge < -0.3 is 14.6 Å². The van der Waals surface area contributed by atoms with Crippen molar-refractivity contribution in [1.29, 1.82) is 0 Å². The molecule has 3 aromatic rings. The summed E-state index contributed by atoms with van der Waals surface area (Å²) < 4.78 is 6.21. The lowest BCUT2D eigenvalue weighted by molar-refractivity contribution is 0.0956. The summed E-state index contributed by atoms with van der Waals surface area (Å²) in [6.07, 6.45) is 3.51. The lowest BCUT2D eigenvalue weighted by Gasteiger charge is -2.14. The number of amides is 1. The second-order valence-electron chi connectivity index (χ2n) is 6.90. The molecule has 0 radical (unpaired) electrons. The maximum Gasteiger partial charge on any atom is 0.345 e. The van der Waals surface area contributed by atoms with Crippen molar-refractivity contribution in [2.24, 2.45) is 0 Å². The molecule has 1 aliphatic rings. The Kier molecular flexibility index (Phi) is 4.78. The van der Waals surface area contributed by atoms with Crippen molar-refractivity contribution in [3.63, 3.8) is 0 Å². The minimum Gasteiger partial charge on any atom is -0.422 e. The molecular formula is C20H22N2O3S. The van der Waals surface area contributed by atoms with E-state index in [0.717, 1.165) is 28.6 Å². The van der Waals surface area contributed by atoms with Gasteiger partial charge in [0.15, 0.2) is 0 Å². The molecule has 6 heteroatoms. The maximum atomic E-state index is 12.5. The third-order valence-corrected chi connectivity index (χ3v) is 6.06. The van der Waals surface area contributed by atoms with Crippen molar-refractivity contribution in [3.8, 4) is 0 Å². The lowest BCUT2D eigenvalue weighted by atomic mass is 10.1. The summed E-state index contributed by atoms with van der Waals surface area (Å²) in [5.74, 6) is -0.118. The SMILES string of the molecule is Cc1ccc2oc(=O)c3cc(C(=O)NCCCN4CCCC4)sc3c2c1. The third kappa shape index (κ3) is 3.39. The van der Waals surface area contributed by atoms with E-state index in [-0.39, 0.29) is 11.5 Å². The summed E-state index contributed by atoms with van der Waals surface area (Å²) in [5.41, 5.74) is 1.27. The predicted molar refractivity (Wildman–Crippen MR) is 105 cm³/mol. The maximum absolute atomic E-state index is 12.5. The molecule has 26 heavy (non-hydrogen) atoms. The molecule has 4 rings (SSSR count). The van der Waals surface area contributed by atoms with E-state index in [1.165, 1.54) is 37.3 Å². The smallest absolute Gasteiger partial charge is 0.345 e. The summed E-state index contributed by atoms with van der Waals surface area (Å²) in [6, 6.07) is 7.38. The van der Waals surface area contributed by atoms with Crippen LogP contribution in [0.15, 0.2) is 33.5 Å². The predicted octanol–water partition coefficient (Wildman–Crippen LogP) is 3.53. The minimum absolute atomic E-state index is 0.118. The quantitative estimate of drug-likeness (QED) is 0.551. The number of rotatable bonds is 5. The fourth-order valence-corrected chi connectivity index (χ4v) is 4.60. The van der Waals surface area contributed by atoms with E-state index < -0.39 is 0 Å². The van der Waals surface area contributed by atoms with Crippen LogP contribution in [0.5, 0.6) is 0 Å². The number of thiophene rings is 1. The van der Waals surface area contributed by atoms with Crippen molar-refractivity contribution in [3.05, 3.63) is 45.1 Å². The first-order valence-electron chi connectivity index (χ1n) is 9.09. The Morgan fingerprint density at radius 1 is 1.23 bits per heavy atom. The number of aryl methyl sites for hydroxylation is 1. The second-order valence-corrected chi connectivity index (χ2v) is 7.95. The largest absolute Gasteiger partial charge is 0.422 e. The number of hydrogen-bond donors (Lipinski definition) is 1. The fourth-order valence-electron chi connectivity index (χ4n) is 3.52. The summed E-state index contributed by atoms with van der Waals surface area (Å²) in [5, 5.41) is 4.34. The molecule has 1 fully saturated rings. The Morgan fingerprint density at radius 2 is 2.04 bits per heavy atom. The third-order valence-electron chi connectivity index (χ3n) is 4.89. The molecule has 1 saturated heterocycles. The van der Waals surface area contributed by atoms with Gasteiger partial charge in [0.05, 0.1) is 15.0 Å². The molecule has 1 aromatic carbocycles. The van der Waals surface area contributed by atoms with Crippen LogP contribution in [0.3, 0.4) is 0 Å². The van der Waals surface area contributed by atoms with E-state index in [2.05, 4.69) is 10.2 Å². The van der Waals surface area contributed by atoms with Crippen molar-refractivity contribution in [1.82, 2.24) is 10.2 Å². The molecular weight excluding hydrogens is 348 g/mol. The number of nitrogens with one attached hydrogen (secondary N) is 1. The Balaban J connectivity index is 1.52. The topological polar surface area (TPSA) is 62.6 Å². The molecule has 2 aromatic heterocycles. The molecule has 1 aliphatic heterocycles. The van der Waals surface area contributed by atoms with Gasteiger partial charge in [-0.15, -0.1) is 11.3 Å². The first-order chi connectivity index (χ1) is 12.6. The Bertz CT molecular complexity index is 1010. The monoisotopic (exact) mass is 370 g/mol. The number of nitrogens with zero attached hydrogens (tertiary/aromatic N) is 1. The van der Waals surface area contributed by atoms with Crippen LogP contribution in [0, 0.1) is 6.92 Å². The zero-order valence-electron chi connectivity index (χ0n) is 14.8. The van der Waals surface area contributed by atoms with Gasteiger partial charge in [0.25, 0.3) is 5.91 Å². The number of hydrogen-bond acceptors (Lipinski definition) is 5. The number of likely N-dealkylation sites (tertiary alicyclic amines) is 1. The molecule has 1 N–H and O–H groups in total. The molecule has 3 heterocycles. The van der Waals surface area contributed by atoms with Crippen molar-refractivity contribution < 1.29 is 9.21 Å². The van der Waals surface area contributed by atoms with Gasteiger partial charge in [-0.05, 0) is 64.0 Å². The van der Waals surface area contributed by atoms with Gasteiger partial charge in [0.1, 0.15) is 5.58 Å². The standard InChI is InChI=1S/C20H22N2O3S/c1-13-5-6-16-14(11-13)18-15(20(24)25-16)12-17(26-18)19(23)21-7-4-10-22-8-2-3-9-22/h5-6,11-12H,2-4,7-10H2,1H3,(H,21,23). The Labute approximate surface area is 155 Å². The molecule has 0 aliphatic carbocycles. The summed E-state index contributed by atoms with van der Waals surface area (Å²) in [4.78, 5) is 27.7. The van der Waals surface area contributed by atoms with Crippen LogP contribution in [-0.4, -0.2) is 37.0 Å². The Morgan fingerprint density at radius 3 is 2.85 bits per heavy atom. The molecule has 1 amide bonds. The van der Waals surface area contributed by atoms with Crippen molar-refractivity contribution in [2.75, 3.05) is 26.2 Å². The van der Waals surface area contributed by atoms with Gasteiger partial charge >= 0.3 is 5.63 Å². The van der Waals surface area contributed by atoms with E-state index in [0.29, 0.717) is 22.4 Å². The number of carbonyl (C=O) groups excluding carboxylic acids is 1. The van der Waals surface area contributed by atoms with Crippen molar-refractivity contribution >= 4 is 38.3 Å². The van der Waals surface area contributed by atoms with E-state index in [9.17, 15) is 9.59 Å². The van der Waals surface area contributed by atoms with Gasteiger partial charge in [0.2, 0.25) is 0 Å². The van der Waals surface area contributed by atoms with Crippen LogP contribution in [0.25, 0.3) is 21.1 Å². The summed E-state index contributed by atoms with van der Waals surface area (Å²) >= 11 is 1.36. The number of carbonyl (C=O) groups is 1. The molecule has 5 nitrogen and oxygen atoms in total. The summed E-state index contributed by atoms with van der Waals surface area (Å²) in [7, 11) is 0. The highest BCUT2D eigenvalue weighted by molar-refractivity contribution is 7.21. The first-order valence-corrected chi connectivity index (χ1v) is 9.91. The van der Waals surface area contributed by atoms with E-state index >= 15 is 0 Å². The van der Waals surface area contributed by atoms with Crippen LogP contribution in [0.1, 0.15) is 34.5 Å². The van der Waals surface area contributed by atoms with Gasteiger partial charge in [-0.25, -0.2) is 4.79 Å². The van der Waals surface area contributed by atoms with E-state index in [1.54, 1.807) is 6.07 Å². The van der Waals surface area contributed by atoms with Gasteiger partial charge in [-0.3, -0.25) is 4.79 Å². The molecule has 0 saturated carbocycles. The Hall–Kier alpha value is -2.18. The van der Waals surface area contributed by atoms with Crippen LogP contribution < -0.4 is 10.9 Å². The van der Waals surface area contributed by atoms with Gasteiger partial charge in [-0.2, -0.15) is 0 Å². The normalized spacial score (nSPS) is 15.1. The van der Waals surface area contributed by atoms with Crippen molar-refractivity contribution in [2.45, 2.75) is 26.2 Å². The molecule has 0 spiro atoms. The van der Waals surface area contributed by atoms with Crippen LogP contribution >= 0.6 is 11.3 Å². The fraction of sp³-hybridized carbons (Fsp3) is 0.400. The molecule has 0 bridgehead atoms. The van der Waals surface area contributed by atoms with Crippen LogP contribution in [-0.2, 0) is 0 Å². The first kappa shape index (κ1) is 17.2.